The number of hydrogen-bond donors (Lipinski definition) is 1. The van der Waals surface area contributed by atoms with Crippen molar-refractivity contribution >= 4 is 0 Å². The fourth-order valence-electron chi connectivity index (χ4n) is 4.02. The molecule has 2 bridgehead atoms. The quantitative estimate of drug-likeness (QED) is 0.893. The molecule has 2 aliphatic heterocycles. The summed E-state index contributed by atoms with van der Waals surface area (Å²) < 4.78 is 0. The van der Waals surface area contributed by atoms with E-state index < -0.39 is 0 Å². The van der Waals surface area contributed by atoms with E-state index in [1.54, 1.807) is 5.56 Å². The van der Waals surface area contributed by atoms with Crippen molar-refractivity contribution in [3.63, 3.8) is 0 Å². The second-order valence-corrected chi connectivity index (χ2v) is 6.14. The monoisotopic (exact) mass is 258 g/mol. The van der Waals surface area contributed by atoms with Gasteiger partial charge in [0.1, 0.15) is 0 Å². The molecule has 1 aromatic carbocycles. The van der Waals surface area contributed by atoms with Crippen LogP contribution in [0.5, 0.6) is 0 Å². The lowest BCUT2D eigenvalue weighted by atomic mass is 9.96. The van der Waals surface area contributed by atoms with Gasteiger partial charge in [-0.05, 0) is 50.3 Å². The smallest absolute Gasteiger partial charge is 0.0242 e. The Morgan fingerprint density at radius 3 is 2.32 bits per heavy atom. The minimum atomic E-state index is 0.746. The highest BCUT2D eigenvalue weighted by Crippen LogP contribution is 2.37. The van der Waals surface area contributed by atoms with E-state index in [4.69, 9.17) is 0 Å². The molecule has 2 aliphatic rings. The van der Waals surface area contributed by atoms with Crippen molar-refractivity contribution in [2.24, 2.45) is 0 Å². The number of rotatable bonds is 4. The summed E-state index contributed by atoms with van der Waals surface area (Å²) in [5, 5.41) is 3.49. The molecule has 0 radical (unpaired) electrons. The number of nitrogens with one attached hydrogen (secondary N) is 1. The molecule has 0 amide bonds. The highest BCUT2D eigenvalue weighted by Gasteiger charge is 2.40. The van der Waals surface area contributed by atoms with Gasteiger partial charge in [0.05, 0.1) is 0 Å². The number of benzene rings is 1. The van der Waals surface area contributed by atoms with Crippen LogP contribution in [-0.2, 0) is 13.0 Å². The van der Waals surface area contributed by atoms with E-state index in [-0.39, 0.29) is 0 Å². The van der Waals surface area contributed by atoms with Gasteiger partial charge in [-0.25, -0.2) is 0 Å². The number of hydrogen-bond acceptors (Lipinski definition) is 2. The molecule has 0 spiro atoms. The summed E-state index contributed by atoms with van der Waals surface area (Å²) in [6, 6.07) is 11.3. The highest BCUT2D eigenvalue weighted by molar-refractivity contribution is 5.27. The lowest BCUT2D eigenvalue weighted by Crippen LogP contribution is -2.47. The predicted octanol–water partition coefficient (Wildman–Crippen LogP) is 2.96. The Kier molecular flexibility index (Phi) is 3.90. The van der Waals surface area contributed by atoms with Crippen molar-refractivity contribution < 1.29 is 0 Å². The summed E-state index contributed by atoms with van der Waals surface area (Å²) in [7, 11) is 2.12. The minimum Gasteiger partial charge on any atom is -0.317 e. The van der Waals surface area contributed by atoms with Gasteiger partial charge in [0.25, 0.3) is 0 Å². The Labute approximate surface area is 117 Å². The van der Waals surface area contributed by atoms with E-state index in [1.165, 1.54) is 31.2 Å². The Morgan fingerprint density at radius 1 is 1.11 bits per heavy atom. The molecule has 3 rings (SSSR count). The topological polar surface area (TPSA) is 15.3 Å². The van der Waals surface area contributed by atoms with Crippen LogP contribution >= 0.6 is 0 Å². The highest BCUT2D eigenvalue weighted by atomic mass is 15.2. The lowest BCUT2D eigenvalue weighted by molar-refractivity contribution is 0.111. The van der Waals surface area contributed by atoms with Crippen LogP contribution in [0.3, 0.4) is 0 Å². The predicted molar refractivity (Wildman–Crippen MR) is 80.3 cm³/mol. The molecule has 1 N–H and O–H groups in total. The van der Waals surface area contributed by atoms with E-state index in [1.807, 2.05) is 0 Å². The average molecular weight is 258 g/mol. The van der Waals surface area contributed by atoms with E-state index in [2.05, 4.69) is 48.5 Å². The van der Waals surface area contributed by atoms with Gasteiger partial charge in [-0.2, -0.15) is 0 Å². The molecule has 2 fully saturated rings. The van der Waals surface area contributed by atoms with Crippen molar-refractivity contribution in [3.05, 3.63) is 35.4 Å². The third-order valence-corrected chi connectivity index (χ3v) is 5.14. The van der Waals surface area contributed by atoms with Gasteiger partial charge in [0.15, 0.2) is 0 Å². The van der Waals surface area contributed by atoms with E-state index in [0.717, 1.165) is 31.1 Å². The number of nitrogens with zero attached hydrogens (tertiary/aromatic N) is 1. The van der Waals surface area contributed by atoms with Crippen LogP contribution in [-0.4, -0.2) is 30.1 Å². The zero-order chi connectivity index (χ0) is 13.2. The van der Waals surface area contributed by atoms with Gasteiger partial charge in [0, 0.05) is 24.7 Å². The number of aryl methyl sites for hydroxylation is 1. The molecule has 2 nitrogen and oxygen atoms in total. The molecule has 2 heterocycles. The van der Waals surface area contributed by atoms with Crippen LogP contribution in [0.25, 0.3) is 0 Å². The van der Waals surface area contributed by atoms with Crippen molar-refractivity contribution in [2.45, 2.75) is 63.7 Å². The Bertz CT molecular complexity index is 415. The Balaban J connectivity index is 1.74. The zero-order valence-corrected chi connectivity index (χ0v) is 12.2. The van der Waals surface area contributed by atoms with Crippen LogP contribution in [0.4, 0.5) is 0 Å². The summed E-state index contributed by atoms with van der Waals surface area (Å²) in [5.41, 5.74) is 3.07. The maximum absolute atomic E-state index is 3.49. The molecular formula is C17H26N2. The minimum absolute atomic E-state index is 0.746. The molecule has 2 unspecified atom stereocenters. The second-order valence-electron chi connectivity index (χ2n) is 6.14. The van der Waals surface area contributed by atoms with Crippen LogP contribution < -0.4 is 5.32 Å². The van der Waals surface area contributed by atoms with Gasteiger partial charge in [-0.1, -0.05) is 31.2 Å². The van der Waals surface area contributed by atoms with Crippen molar-refractivity contribution in [1.82, 2.24) is 10.2 Å². The van der Waals surface area contributed by atoms with Crippen LogP contribution in [0.15, 0.2) is 24.3 Å². The van der Waals surface area contributed by atoms with Gasteiger partial charge in [0.2, 0.25) is 0 Å². The molecule has 0 saturated carbocycles. The summed E-state index contributed by atoms with van der Waals surface area (Å²) in [6.07, 6.45) is 6.62. The largest absolute Gasteiger partial charge is 0.317 e. The number of fused-ring (bicyclic) bond motifs is 2. The molecule has 19 heavy (non-hydrogen) atoms. The first-order valence-corrected chi connectivity index (χ1v) is 7.81. The van der Waals surface area contributed by atoms with Crippen molar-refractivity contribution in [3.8, 4) is 0 Å². The molecule has 0 aliphatic carbocycles. The van der Waals surface area contributed by atoms with Crippen molar-refractivity contribution in [1.29, 1.82) is 0 Å². The lowest BCUT2D eigenvalue weighted by Gasteiger charge is -2.39. The van der Waals surface area contributed by atoms with E-state index in [0.29, 0.717) is 0 Å². The normalized spacial score (nSPS) is 30.7. The maximum atomic E-state index is 3.49. The summed E-state index contributed by atoms with van der Waals surface area (Å²) in [5.74, 6) is 0. The first-order valence-electron chi connectivity index (χ1n) is 7.81. The van der Waals surface area contributed by atoms with E-state index >= 15 is 0 Å². The summed E-state index contributed by atoms with van der Waals surface area (Å²) in [6.45, 7) is 3.43. The first-order chi connectivity index (χ1) is 9.31. The van der Waals surface area contributed by atoms with E-state index in [9.17, 15) is 0 Å². The Morgan fingerprint density at radius 2 is 1.74 bits per heavy atom. The molecule has 2 atom stereocenters. The average Bonchev–Trinajstić information content (AvgIpc) is 2.70. The van der Waals surface area contributed by atoms with Gasteiger partial charge in [-0.3, -0.25) is 4.90 Å². The van der Waals surface area contributed by atoms with Crippen LogP contribution in [0.1, 0.15) is 43.7 Å². The Hall–Kier alpha value is -0.860. The summed E-state index contributed by atoms with van der Waals surface area (Å²) >= 11 is 0. The first kappa shape index (κ1) is 13.1. The third-order valence-electron chi connectivity index (χ3n) is 5.14. The standard InChI is InChI=1S/C17H26N2/c1-3-13-6-4-5-7-14(13)12-19-16-8-9-17(19)11-15(10-16)18-2/h4-7,15-18H,3,8-12H2,1-2H3. The molecule has 0 aromatic heterocycles. The molecule has 2 heteroatoms. The SMILES string of the molecule is CCc1ccccc1CN1C2CCC1CC(NC)C2. The molecule has 2 saturated heterocycles. The maximum Gasteiger partial charge on any atom is 0.0242 e. The second kappa shape index (κ2) is 5.64. The van der Waals surface area contributed by atoms with Gasteiger partial charge >= 0.3 is 0 Å². The van der Waals surface area contributed by atoms with Gasteiger partial charge < -0.3 is 5.32 Å². The summed E-state index contributed by atoms with van der Waals surface area (Å²) in [4.78, 5) is 2.78. The zero-order valence-electron chi connectivity index (χ0n) is 12.2. The third kappa shape index (κ3) is 2.56. The van der Waals surface area contributed by atoms with Crippen LogP contribution in [0, 0.1) is 0 Å². The number of piperidine rings is 1. The fraction of sp³-hybridized carbons (Fsp3) is 0.647. The fourth-order valence-corrected chi connectivity index (χ4v) is 4.02. The molecule has 1 aromatic rings. The van der Waals surface area contributed by atoms with Crippen LogP contribution in [0.2, 0.25) is 0 Å². The molecule has 104 valence electrons. The molecular weight excluding hydrogens is 232 g/mol. The van der Waals surface area contributed by atoms with Crippen molar-refractivity contribution in [2.75, 3.05) is 7.05 Å². The van der Waals surface area contributed by atoms with Gasteiger partial charge in [-0.15, -0.1) is 0 Å².